The second kappa shape index (κ2) is 6.68. The van der Waals surface area contributed by atoms with Gasteiger partial charge in [0.2, 0.25) is 0 Å². The molecule has 5 heteroatoms. The van der Waals surface area contributed by atoms with Crippen molar-refractivity contribution in [2.75, 3.05) is 0 Å². The SMILES string of the molecule is Cc1cccc(-n2nc(-c3ccc(F)cc3)c3cnc4ccc(Cl)cc4c32)c1C. The Hall–Kier alpha value is -3.24. The van der Waals surface area contributed by atoms with Crippen molar-refractivity contribution in [1.82, 2.24) is 14.8 Å². The first kappa shape index (κ1) is 17.8. The first-order valence-corrected chi connectivity index (χ1v) is 9.70. The van der Waals surface area contributed by atoms with E-state index in [1.807, 2.05) is 35.1 Å². The van der Waals surface area contributed by atoms with E-state index in [1.54, 1.807) is 12.1 Å². The van der Waals surface area contributed by atoms with E-state index in [-0.39, 0.29) is 5.82 Å². The summed E-state index contributed by atoms with van der Waals surface area (Å²) in [7, 11) is 0. The second-order valence-corrected chi connectivity index (χ2v) is 7.60. The molecule has 0 saturated carbocycles. The summed E-state index contributed by atoms with van der Waals surface area (Å²) in [6, 6.07) is 18.2. The van der Waals surface area contributed by atoms with Crippen LogP contribution in [0.3, 0.4) is 0 Å². The Morgan fingerprint density at radius 2 is 1.72 bits per heavy atom. The molecule has 0 spiro atoms. The van der Waals surface area contributed by atoms with Gasteiger partial charge in [0.05, 0.1) is 16.7 Å². The molecule has 0 aliphatic carbocycles. The number of aryl methyl sites for hydroxylation is 1. The molecule has 0 radical (unpaired) electrons. The second-order valence-electron chi connectivity index (χ2n) is 7.17. The van der Waals surface area contributed by atoms with E-state index >= 15 is 0 Å². The molecule has 2 aromatic heterocycles. The molecule has 0 bridgehead atoms. The maximum Gasteiger partial charge on any atom is 0.123 e. The molecule has 5 rings (SSSR count). The highest BCUT2D eigenvalue weighted by Crippen LogP contribution is 2.35. The number of aromatic nitrogens is 3. The number of pyridine rings is 1. The molecule has 0 amide bonds. The number of nitrogens with zero attached hydrogens (tertiary/aromatic N) is 3. The van der Waals surface area contributed by atoms with Gasteiger partial charge in [-0.05, 0) is 73.5 Å². The summed E-state index contributed by atoms with van der Waals surface area (Å²) in [5, 5.41) is 7.42. The Labute approximate surface area is 172 Å². The van der Waals surface area contributed by atoms with Crippen molar-refractivity contribution in [3.63, 3.8) is 0 Å². The van der Waals surface area contributed by atoms with Crippen molar-refractivity contribution in [2.45, 2.75) is 13.8 Å². The van der Waals surface area contributed by atoms with Crippen molar-refractivity contribution >= 4 is 33.4 Å². The van der Waals surface area contributed by atoms with Crippen LogP contribution in [0.1, 0.15) is 11.1 Å². The van der Waals surface area contributed by atoms with E-state index in [2.05, 4.69) is 31.0 Å². The molecule has 0 unspecified atom stereocenters. The predicted molar refractivity (Wildman–Crippen MR) is 116 cm³/mol. The van der Waals surface area contributed by atoms with E-state index in [0.717, 1.165) is 44.3 Å². The van der Waals surface area contributed by atoms with Crippen molar-refractivity contribution in [2.24, 2.45) is 0 Å². The van der Waals surface area contributed by atoms with Crippen LogP contribution in [-0.2, 0) is 0 Å². The fraction of sp³-hybridized carbons (Fsp3) is 0.0833. The first-order valence-electron chi connectivity index (χ1n) is 9.32. The summed E-state index contributed by atoms with van der Waals surface area (Å²) in [5.74, 6) is -0.276. The van der Waals surface area contributed by atoms with Crippen molar-refractivity contribution in [3.8, 4) is 16.9 Å². The Kier molecular flexibility index (Phi) is 4.10. The number of benzene rings is 3. The van der Waals surface area contributed by atoms with Gasteiger partial charge in [-0.1, -0.05) is 23.7 Å². The minimum atomic E-state index is -0.276. The van der Waals surface area contributed by atoms with Crippen molar-refractivity contribution in [1.29, 1.82) is 0 Å². The molecule has 0 saturated heterocycles. The van der Waals surface area contributed by atoms with Gasteiger partial charge in [-0.15, -0.1) is 0 Å². The summed E-state index contributed by atoms with van der Waals surface area (Å²) >= 11 is 6.32. The van der Waals surface area contributed by atoms with Crippen LogP contribution in [0.2, 0.25) is 5.02 Å². The zero-order valence-corrected chi connectivity index (χ0v) is 16.7. The Bertz CT molecular complexity index is 1390. The number of fused-ring (bicyclic) bond motifs is 3. The predicted octanol–water partition coefficient (Wildman–Crippen LogP) is 6.65. The van der Waals surface area contributed by atoms with Gasteiger partial charge >= 0.3 is 0 Å². The van der Waals surface area contributed by atoms with Crippen LogP contribution < -0.4 is 0 Å². The molecule has 0 aliphatic rings. The molecule has 0 N–H and O–H groups in total. The third-order valence-electron chi connectivity index (χ3n) is 5.39. The third kappa shape index (κ3) is 2.88. The van der Waals surface area contributed by atoms with E-state index in [9.17, 15) is 4.39 Å². The van der Waals surface area contributed by atoms with Gasteiger partial charge in [-0.25, -0.2) is 9.07 Å². The lowest BCUT2D eigenvalue weighted by Crippen LogP contribution is -2.01. The zero-order chi connectivity index (χ0) is 20.1. The molecular weight excluding hydrogens is 385 g/mol. The Morgan fingerprint density at radius 3 is 2.52 bits per heavy atom. The molecule has 2 heterocycles. The van der Waals surface area contributed by atoms with Crippen LogP contribution in [0, 0.1) is 19.7 Å². The highest BCUT2D eigenvalue weighted by atomic mass is 35.5. The van der Waals surface area contributed by atoms with Crippen LogP contribution in [0.4, 0.5) is 4.39 Å². The van der Waals surface area contributed by atoms with Crippen LogP contribution in [0.5, 0.6) is 0 Å². The van der Waals surface area contributed by atoms with Crippen molar-refractivity contribution in [3.05, 3.63) is 88.8 Å². The smallest absolute Gasteiger partial charge is 0.123 e. The normalized spacial score (nSPS) is 11.4. The maximum absolute atomic E-state index is 13.5. The van der Waals surface area contributed by atoms with Gasteiger partial charge in [-0.3, -0.25) is 4.98 Å². The molecule has 3 aromatic carbocycles. The van der Waals surface area contributed by atoms with Crippen molar-refractivity contribution < 1.29 is 4.39 Å². The monoisotopic (exact) mass is 401 g/mol. The quantitative estimate of drug-likeness (QED) is 0.331. The lowest BCUT2D eigenvalue weighted by atomic mass is 10.1. The fourth-order valence-electron chi connectivity index (χ4n) is 3.72. The highest BCUT2D eigenvalue weighted by molar-refractivity contribution is 6.31. The number of hydrogen-bond donors (Lipinski definition) is 0. The number of hydrogen-bond acceptors (Lipinski definition) is 2. The molecular formula is C24H17ClFN3. The largest absolute Gasteiger partial charge is 0.255 e. The van der Waals surface area contributed by atoms with Crippen LogP contribution in [-0.4, -0.2) is 14.8 Å². The van der Waals surface area contributed by atoms with E-state index in [1.165, 1.54) is 17.7 Å². The average Bonchev–Trinajstić information content (AvgIpc) is 3.10. The summed E-state index contributed by atoms with van der Waals surface area (Å²) in [6.07, 6.45) is 1.83. The lowest BCUT2D eigenvalue weighted by molar-refractivity contribution is 0.628. The minimum Gasteiger partial charge on any atom is -0.255 e. The van der Waals surface area contributed by atoms with Gasteiger partial charge in [0, 0.05) is 27.6 Å². The van der Waals surface area contributed by atoms with Crippen LogP contribution in [0.25, 0.3) is 38.8 Å². The molecule has 142 valence electrons. The van der Waals surface area contributed by atoms with Crippen LogP contribution >= 0.6 is 11.6 Å². The lowest BCUT2D eigenvalue weighted by Gasteiger charge is -2.11. The molecule has 29 heavy (non-hydrogen) atoms. The first-order chi connectivity index (χ1) is 14.0. The van der Waals surface area contributed by atoms with Crippen LogP contribution in [0.15, 0.2) is 66.9 Å². The third-order valence-corrected chi connectivity index (χ3v) is 5.63. The molecule has 0 fully saturated rings. The minimum absolute atomic E-state index is 0.276. The fourth-order valence-corrected chi connectivity index (χ4v) is 3.89. The summed E-state index contributed by atoms with van der Waals surface area (Å²) in [5.41, 5.74) is 6.71. The standard InChI is InChI=1S/C24H17ClFN3/c1-14-4-3-5-22(15(14)2)29-24-19-12-17(25)8-11-21(19)27-13-20(24)23(28-29)16-6-9-18(26)10-7-16/h3-13H,1-2H3. The van der Waals surface area contributed by atoms with Gasteiger partial charge in [-0.2, -0.15) is 5.10 Å². The Balaban J connectivity index is 1.94. The topological polar surface area (TPSA) is 30.7 Å². The van der Waals surface area contributed by atoms with Gasteiger partial charge in [0.15, 0.2) is 0 Å². The molecule has 5 aromatic rings. The zero-order valence-electron chi connectivity index (χ0n) is 15.9. The summed E-state index contributed by atoms with van der Waals surface area (Å²) in [6.45, 7) is 4.17. The molecule has 0 aliphatic heterocycles. The van der Waals surface area contributed by atoms with E-state index in [4.69, 9.17) is 16.7 Å². The maximum atomic E-state index is 13.5. The Morgan fingerprint density at radius 1 is 0.931 bits per heavy atom. The molecule has 0 atom stereocenters. The average molecular weight is 402 g/mol. The van der Waals surface area contributed by atoms with Gasteiger partial charge in [0.25, 0.3) is 0 Å². The number of halogens is 2. The molecule has 3 nitrogen and oxygen atoms in total. The van der Waals surface area contributed by atoms with E-state index in [0.29, 0.717) is 5.02 Å². The van der Waals surface area contributed by atoms with Gasteiger partial charge in [0.1, 0.15) is 11.5 Å². The van der Waals surface area contributed by atoms with Gasteiger partial charge < -0.3 is 0 Å². The summed E-state index contributed by atoms with van der Waals surface area (Å²) < 4.78 is 15.4. The summed E-state index contributed by atoms with van der Waals surface area (Å²) in [4.78, 5) is 4.62. The van der Waals surface area contributed by atoms with E-state index < -0.39 is 0 Å². The number of rotatable bonds is 2. The highest BCUT2D eigenvalue weighted by Gasteiger charge is 2.18.